The highest BCUT2D eigenvalue weighted by Crippen LogP contribution is 2.41. The first-order chi connectivity index (χ1) is 11.4. The standard InChI is InChI=1S/C16H14INO5S/c1-23-15-4-2-3-13-12(15)9-14(16(19)20)18(13)24(21,22)11-7-5-10(17)6-8-11/h2-8,14H,9H2,1H3,(H,19,20). The predicted octanol–water partition coefficient (Wildman–Crippen LogP) is 2.50. The Kier molecular flexibility index (Phi) is 4.43. The SMILES string of the molecule is COc1cccc2c1CC(C(=O)O)N2S(=O)(=O)c1ccc(I)cc1. The number of nitrogens with zero attached hydrogens (tertiary/aromatic N) is 1. The molecule has 0 aromatic heterocycles. The van der Waals surface area contributed by atoms with E-state index < -0.39 is 22.0 Å². The summed E-state index contributed by atoms with van der Waals surface area (Å²) in [7, 11) is -2.52. The molecule has 3 rings (SSSR count). The van der Waals surface area contributed by atoms with Gasteiger partial charge in [-0.3, -0.25) is 4.31 Å². The van der Waals surface area contributed by atoms with Crippen molar-refractivity contribution in [2.24, 2.45) is 0 Å². The van der Waals surface area contributed by atoms with Crippen molar-refractivity contribution in [3.05, 3.63) is 51.6 Å². The van der Waals surface area contributed by atoms with Gasteiger partial charge in [0.05, 0.1) is 17.7 Å². The first kappa shape index (κ1) is 17.0. The molecule has 126 valence electrons. The zero-order chi connectivity index (χ0) is 17.5. The van der Waals surface area contributed by atoms with Gasteiger partial charge >= 0.3 is 5.97 Å². The number of rotatable bonds is 4. The number of benzene rings is 2. The quantitative estimate of drug-likeness (QED) is 0.711. The fourth-order valence-corrected chi connectivity index (χ4v) is 4.80. The molecule has 2 aromatic rings. The van der Waals surface area contributed by atoms with Gasteiger partial charge in [0.1, 0.15) is 11.8 Å². The van der Waals surface area contributed by atoms with Crippen LogP contribution in [0.4, 0.5) is 5.69 Å². The van der Waals surface area contributed by atoms with E-state index in [1.165, 1.54) is 19.2 Å². The second-order valence-electron chi connectivity index (χ2n) is 5.27. The third kappa shape index (κ3) is 2.73. The molecular formula is C16H14INO5S. The van der Waals surface area contributed by atoms with Crippen LogP contribution in [0.15, 0.2) is 47.4 Å². The zero-order valence-electron chi connectivity index (χ0n) is 12.6. The predicted molar refractivity (Wildman–Crippen MR) is 96.9 cm³/mol. The summed E-state index contributed by atoms with van der Waals surface area (Å²) < 4.78 is 33.2. The molecule has 0 bridgehead atoms. The van der Waals surface area contributed by atoms with Gasteiger partial charge in [-0.1, -0.05) is 6.07 Å². The largest absolute Gasteiger partial charge is 0.496 e. The number of halogens is 1. The number of aliphatic carboxylic acids is 1. The lowest BCUT2D eigenvalue weighted by Gasteiger charge is -2.24. The van der Waals surface area contributed by atoms with E-state index in [2.05, 4.69) is 22.6 Å². The molecule has 24 heavy (non-hydrogen) atoms. The van der Waals surface area contributed by atoms with Crippen LogP contribution in [0.1, 0.15) is 5.56 Å². The van der Waals surface area contributed by atoms with Crippen molar-refractivity contribution in [2.75, 3.05) is 11.4 Å². The van der Waals surface area contributed by atoms with Gasteiger partial charge in [-0.05, 0) is 59.0 Å². The second-order valence-corrected chi connectivity index (χ2v) is 8.33. The summed E-state index contributed by atoms with van der Waals surface area (Å²) in [4.78, 5) is 11.7. The first-order valence-corrected chi connectivity index (χ1v) is 9.57. The van der Waals surface area contributed by atoms with Crippen LogP contribution in [0.3, 0.4) is 0 Å². The van der Waals surface area contributed by atoms with Crippen LogP contribution < -0.4 is 9.04 Å². The molecule has 1 aliphatic rings. The van der Waals surface area contributed by atoms with Crippen LogP contribution in [0.2, 0.25) is 0 Å². The number of hydrogen-bond acceptors (Lipinski definition) is 4. The summed E-state index contributed by atoms with van der Waals surface area (Å²) in [5.41, 5.74) is 0.932. The fraction of sp³-hybridized carbons (Fsp3) is 0.188. The second kappa shape index (κ2) is 6.25. The maximum atomic E-state index is 13.0. The fourth-order valence-electron chi connectivity index (χ4n) is 2.81. The topological polar surface area (TPSA) is 83.9 Å². The molecule has 6 nitrogen and oxygen atoms in total. The van der Waals surface area contributed by atoms with Crippen LogP contribution in [0.25, 0.3) is 0 Å². The summed E-state index contributed by atoms with van der Waals surface area (Å²) in [5, 5.41) is 9.53. The molecule has 0 spiro atoms. The van der Waals surface area contributed by atoms with Crippen LogP contribution in [0, 0.1) is 3.57 Å². The molecule has 0 saturated heterocycles. The highest BCUT2D eigenvalue weighted by Gasteiger charge is 2.43. The van der Waals surface area contributed by atoms with Crippen molar-refractivity contribution in [3.63, 3.8) is 0 Å². The highest BCUT2D eigenvalue weighted by molar-refractivity contribution is 14.1. The number of fused-ring (bicyclic) bond motifs is 1. The molecule has 1 unspecified atom stereocenters. The number of carboxylic acids is 1. The minimum absolute atomic E-state index is 0.0600. The molecule has 0 aliphatic carbocycles. The molecular weight excluding hydrogens is 445 g/mol. The summed E-state index contributed by atoms with van der Waals surface area (Å²) in [6.45, 7) is 0. The summed E-state index contributed by atoms with van der Waals surface area (Å²) in [5.74, 6) is -0.707. The number of carbonyl (C=O) groups is 1. The van der Waals surface area contributed by atoms with E-state index in [0.29, 0.717) is 17.0 Å². The normalized spacial score (nSPS) is 16.8. The summed E-state index contributed by atoms with van der Waals surface area (Å²) >= 11 is 2.08. The zero-order valence-corrected chi connectivity index (χ0v) is 15.6. The van der Waals surface area contributed by atoms with E-state index in [9.17, 15) is 18.3 Å². The van der Waals surface area contributed by atoms with Gasteiger partial charge in [-0.25, -0.2) is 13.2 Å². The smallest absolute Gasteiger partial charge is 0.327 e. The number of ether oxygens (including phenoxy) is 1. The molecule has 2 aromatic carbocycles. The number of methoxy groups -OCH3 is 1. The lowest BCUT2D eigenvalue weighted by Crippen LogP contribution is -2.42. The van der Waals surface area contributed by atoms with Crippen LogP contribution in [-0.4, -0.2) is 32.6 Å². The van der Waals surface area contributed by atoms with Crippen molar-refractivity contribution in [1.29, 1.82) is 0 Å². The molecule has 0 amide bonds. The van der Waals surface area contributed by atoms with Gasteiger partial charge in [-0.15, -0.1) is 0 Å². The van der Waals surface area contributed by atoms with E-state index in [4.69, 9.17) is 4.74 Å². The Morgan fingerprint density at radius 1 is 1.25 bits per heavy atom. The molecule has 1 heterocycles. The van der Waals surface area contributed by atoms with Gasteiger partial charge in [0.25, 0.3) is 10.0 Å². The number of hydrogen-bond donors (Lipinski definition) is 1. The van der Waals surface area contributed by atoms with Gasteiger partial charge in [-0.2, -0.15) is 0 Å². The van der Waals surface area contributed by atoms with E-state index >= 15 is 0 Å². The number of sulfonamides is 1. The number of carboxylic acid groups (broad SMARTS) is 1. The van der Waals surface area contributed by atoms with Crippen LogP contribution in [-0.2, 0) is 21.2 Å². The Balaban J connectivity index is 2.18. The van der Waals surface area contributed by atoms with Gasteiger partial charge < -0.3 is 9.84 Å². The number of anilines is 1. The monoisotopic (exact) mass is 459 g/mol. The van der Waals surface area contributed by atoms with E-state index in [1.807, 2.05) is 0 Å². The summed E-state index contributed by atoms with van der Waals surface area (Å²) in [6, 6.07) is 10.1. The third-order valence-electron chi connectivity index (χ3n) is 3.90. The Bertz CT molecular complexity index is 895. The molecule has 0 saturated carbocycles. The minimum atomic E-state index is -3.99. The average molecular weight is 459 g/mol. The van der Waals surface area contributed by atoms with Crippen molar-refractivity contribution in [1.82, 2.24) is 0 Å². The van der Waals surface area contributed by atoms with E-state index in [0.717, 1.165) is 7.88 Å². The summed E-state index contributed by atoms with van der Waals surface area (Å²) in [6.07, 6.45) is 0.0677. The average Bonchev–Trinajstić information content (AvgIpc) is 2.95. The van der Waals surface area contributed by atoms with Crippen LogP contribution >= 0.6 is 22.6 Å². The van der Waals surface area contributed by atoms with Crippen LogP contribution in [0.5, 0.6) is 5.75 Å². The van der Waals surface area contributed by atoms with E-state index in [-0.39, 0.29) is 11.3 Å². The molecule has 0 radical (unpaired) electrons. The van der Waals surface area contributed by atoms with E-state index in [1.54, 1.807) is 30.3 Å². The lowest BCUT2D eigenvalue weighted by atomic mass is 10.1. The molecule has 1 aliphatic heterocycles. The van der Waals surface area contributed by atoms with Gasteiger partial charge in [0.2, 0.25) is 0 Å². The lowest BCUT2D eigenvalue weighted by molar-refractivity contribution is -0.138. The molecule has 1 atom stereocenters. The van der Waals surface area contributed by atoms with Crippen molar-refractivity contribution >= 4 is 44.3 Å². The minimum Gasteiger partial charge on any atom is -0.496 e. The first-order valence-electron chi connectivity index (χ1n) is 7.05. The Morgan fingerprint density at radius 2 is 1.92 bits per heavy atom. The Morgan fingerprint density at radius 3 is 2.50 bits per heavy atom. The van der Waals surface area contributed by atoms with Crippen molar-refractivity contribution < 1.29 is 23.1 Å². The molecule has 1 N–H and O–H groups in total. The molecule has 8 heteroatoms. The molecule has 0 fully saturated rings. The highest BCUT2D eigenvalue weighted by atomic mass is 127. The Hall–Kier alpha value is -1.81. The van der Waals surface area contributed by atoms with Gasteiger partial charge in [0, 0.05) is 15.6 Å². The van der Waals surface area contributed by atoms with Crippen molar-refractivity contribution in [2.45, 2.75) is 17.4 Å². The maximum absolute atomic E-state index is 13.0. The Labute approximate surface area is 153 Å². The maximum Gasteiger partial charge on any atom is 0.327 e. The third-order valence-corrected chi connectivity index (χ3v) is 6.46. The van der Waals surface area contributed by atoms with Gasteiger partial charge in [0.15, 0.2) is 0 Å². The van der Waals surface area contributed by atoms with Crippen molar-refractivity contribution in [3.8, 4) is 5.75 Å².